The van der Waals surface area contributed by atoms with Crippen LogP contribution < -0.4 is 0 Å². The van der Waals surface area contributed by atoms with Crippen molar-refractivity contribution in [1.29, 1.82) is 5.26 Å². The van der Waals surface area contributed by atoms with Gasteiger partial charge in [0, 0.05) is 51.1 Å². The second-order valence-corrected chi connectivity index (χ2v) is 8.03. The highest BCUT2D eigenvalue weighted by molar-refractivity contribution is 5.86. The SMILES string of the molecule is Cc1[nH]cnc1CN1C[C@H]2CC[C@@H](C1)N(C(=O)C1(C#N)CCOCC1)C2. The van der Waals surface area contributed by atoms with Gasteiger partial charge in [0.15, 0.2) is 0 Å². The third-order valence-electron chi connectivity index (χ3n) is 6.33. The third-order valence-corrected chi connectivity index (χ3v) is 6.33. The van der Waals surface area contributed by atoms with E-state index in [0.717, 1.165) is 50.4 Å². The van der Waals surface area contributed by atoms with Gasteiger partial charge in [0.05, 0.1) is 18.1 Å². The van der Waals surface area contributed by atoms with Gasteiger partial charge < -0.3 is 14.6 Å². The first-order valence-corrected chi connectivity index (χ1v) is 9.62. The molecule has 4 saturated heterocycles. The van der Waals surface area contributed by atoms with E-state index < -0.39 is 5.41 Å². The van der Waals surface area contributed by atoms with Gasteiger partial charge in [-0.25, -0.2) is 4.98 Å². The summed E-state index contributed by atoms with van der Waals surface area (Å²) in [4.78, 5) is 25.4. The van der Waals surface area contributed by atoms with Gasteiger partial charge in [-0.1, -0.05) is 0 Å². The molecular weight excluding hydrogens is 330 g/mol. The number of hydrogen-bond acceptors (Lipinski definition) is 5. The number of aromatic amines is 1. The maximum absolute atomic E-state index is 13.3. The number of imidazole rings is 1. The number of nitrogens with one attached hydrogen (secondary N) is 1. The molecule has 1 aromatic heterocycles. The summed E-state index contributed by atoms with van der Waals surface area (Å²) in [6.07, 6.45) is 4.98. The van der Waals surface area contributed by atoms with Crippen LogP contribution in [0.2, 0.25) is 0 Å². The van der Waals surface area contributed by atoms with Crippen molar-refractivity contribution in [2.75, 3.05) is 32.8 Å². The number of H-pyrrole nitrogens is 1. The minimum Gasteiger partial charge on any atom is -0.381 e. The second-order valence-electron chi connectivity index (χ2n) is 8.03. The molecule has 26 heavy (non-hydrogen) atoms. The molecule has 4 aliphatic rings. The monoisotopic (exact) mass is 357 g/mol. The molecule has 5 rings (SSSR count). The summed E-state index contributed by atoms with van der Waals surface area (Å²) in [5, 5.41) is 9.76. The summed E-state index contributed by atoms with van der Waals surface area (Å²) >= 11 is 0. The summed E-state index contributed by atoms with van der Waals surface area (Å²) in [6.45, 7) is 6.53. The number of piperidine rings is 1. The molecule has 7 nitrogen and oxygen atoms in total. The van der Waals surface area contributed by atoms with Gasteiger partial charge in [0.25, 0.3) is 0 Å². The smallest absolute Gasteiger partial charge is 0.243 e. The predicted molar refractivity (Wildman–Crippen MR) is 94.9 cm³/mol. The Balaban J connectivity index is 1.50. The Hall–Kier alpha value is -1.91. The number of carbonyl (C=O) groups is 1. The van der Waals surface area contributed by atoms with Crippen molar-refractivity contribution in [1.82, 2.24) is 19.8 Å². The summed E-state index contributed by atoms with van der Waals surface area (Å²) in [5.74, 6) is 0.517. The number of amides is 1. The van der Waals surface area contributed by atoms with Gasteiger partial charge in [0.1, 0.15) is 5.41 Å². The van der Waals surface area contributed by atoms with E-state index in [4.69, 9.17) is 4.74 Å². The lowest BCUT2D eigenvalue weighted by atomic mass is 9.79. The lowest BCUT2D eigenvalue weighted by Crippen LogP contribution is -2.54. The molecule has 0 spiro atoms. The molecule has 4 aliphatic heterocycles. The maximum atomic E-state index is 13.3. The van der Waals surface area contributed by atoms with Crippen LogP contribution in [-0.2, 0) is 16.1 Å². The molecular formula is C19H27N5O2. The van der Waals surface area contributed by atoms with Crippen LogP contribution in [0.3, 0.4) is 0 Å². The largest absolute Gasteiger partial charge is 0.381 e. The number of fused-ring (bicyclic) bond motifs is 4. The molecule has 140 valence electrons. The molecule has 0 aromatic carbocycles. The average molecular weight is 357 g/mol. The fourth-order valence-corrected chi connectivity index (χ4v) is 4.68. The van der Waals surface area contributed by atoms with E-state index in [9.17, 15) is 10.1 Å². The molecule has 0 unspecified atom stereocenters. The minimum atomic E-state index is -0.883. The Labute approximate surface area is 154 Å². The number of aryl methyl sites for hydroxylation is 1. The van der Waals surface area contributed by atoms with Crippen molar-refractivity contribution in [3.05, 3.63) is 17.7 Å². The Kier molecular flexibility index (Phi) is 4.72. The highest BCUT2D eigenvalue weighted by atomic mass is 16.5. The average Bonchev–Trinajstić information content (AvgIpc) is 2.88. The van der Waals surface area contributed by atoms with E-state index in [1.54, 1.807) is 6.33 Å². The molecule has 1 N–H and O–H groups in total. The molecule has 0 radical (unpaired) electrons. The first-order chi connectivity index (χ1) is 12.6. The number of carbonyl (C=O) groups excluding carboxylic acids is 1. The molecule has 5 heterocycles. The summed E-state index contributed by atoms with van der Waals surface area (Å²) in [6, 6.07) is 2.55. The van der Waals surface area contributed by atoms with Crippen LogP contribution in [0.5, 0.6) is 0 Å². The zero-order valence-electron chi connectivity index (χ0n) is 15.4. The first kappa shape index (κ1) is 17.5. The van der Waals surface area contributed by atoms with Crippen molar-refractivity contribution in [3.63, 3.8) is 0 Å². The van der Waals surface area contributed by atoms with Crippen LogP contribution in [-0.4, -0.2) is 64.6 Å². The minimum absolute atomic E-state index is 0.0378. The van der Waals surface area contributed by atoms with Crippen LogP contribution in [0.25, 0.3) is 0 Å². The number of nitriles is 1. The van der Waals surface area contributed by atoms with E-state index >= 15 is 0 Å². The van der Waals surface area contributed by atoms with Crippen molar-refractivity contribution < 1.29 is 9.53 Å². The fraction of sp³-hybridized carbons (Fsp3) is 0.737. The van der Waals surface area contributed by atoms with E-state index in [-0.39, 0.29) is 11.9 Å². The van der Waals surface area contributed by atoms with E-state index in [1.807, 2.05) is 11.8 Å². The number of ether oxygens (including phenoxy) is 1. The molecule has 0 saturated carbocycles. The van der Waals surface area contributed by atoms with Crippen LogP contribution in [0.15, 0.2) is 6.33 Å². The summed E-state index contributed by atoms with van der Waals surface area (Å²) < 4.78 is 5.40. The highest BCUT2D eigenvalue weighted by Crippen LogP contribution is 2.37. The van der Waals surface area contributed by atoms with Gasteiger partial charge in [-0.3, -0.25) is 9.69 Å². The van der Waals surface area contributed by atoms with Gasteiger partial charge >= 0.3 is 0 Å². The molecule has 4 fully saturated rings. The first-order valence-electron chi connectivity index (χ1n) is 9.62. The molecule has 1 amide bonds. The number of rotatable bonds is 3. The van der Waals surface area contributed by atoms with Crippen LogP contribution in [0.1, 0.15) is 37.1 Å². The standard InChI is InChI=1S/C19H27N5O2/c1-14-17(22-13-21-14)11-23-8-15-2-3-16(10-23)24(9-15)18(25)19(12-20)4-6-26-7-5-19/h13,15-16H,2-11H2,1H3,(H,21,22)/t15-,16+/m1/s1. The van der Waals surface area contributed by atoms with Crippen LogP contribution >= 0.6 is 0 Å². The Morgan fingerprint density at radius 3 is 2.88 bits per heavy atom. The van der Waals surface area contributed by atoms with Gasteiger partial charge in [-0.15, -0.1) is 0 Å². The van der Waals surface area contributed by atoms with Crippen molar-refractivity contribution >= 4 is 5.91 Å². The number of hydrogen-bond donors (Lipinski definition) is 1. The Morgan fingerprint density at radius 2 is 2.19 bits per heavy atom. The Bertz CT molecular complexity index is 703. The fourth-order valence-electron chi connectivity index (χ4n) is 4.68. The molecule has 2 bridgehead atoms. The van der Waals surface area contributed by atoms with Gasteiger partial charge in [0.2, 0.25) is 5.91 Å². The summed E-state index contributed by atoms with van der Waals surface area (Å²) in [5.41, 5.74) is 1.31. The van der Waals surface area contributed by atoms with Gasteiger partial charge in [-0.2, -0.15) is 5.26 Å². The highest BCUT2D eigenvalue weighted by Gasteiger charge is 2.47. The summed E-state index contributed by atoms with van der Waals surface area (Å²) in [7, 11) is 0. The van der Waals surface area contributed by atoms with Crippen LogP contribution in [0.4, 0.5) is 0 Å². The zero-order valence-corrected chi connectivity index (χ0v) is 15.4. The van der Waals surface area contributed by atoms with E-state index in [2.05, 4.69) is 20.9 Å². The normalized spacial score (nSPS) is 28.5. The number of aromatic nitrogens is 2. The topological polar surface area (TPSA) is 85.3 Å². The second kappa shape index (κ2) is 7.01. The molecule has 0 aliphatic carbocycles. The Morgan fingerprint density at radius 1 is 1.38 bits per heavy atom. The predicted octanol–water partition coefficient (Wildman–Crippen LogP) is 1.46. The maximum Gasteiger partial charge on any atom is 0.243 e. The lowest BCUT2D eigenvalue weighted by molar-refractivity contribution is -0.147. The van der Waals surface area contributed by atoms with E-state index in [0.29, 0.717) is 32.0 Å². The van der Waals surface area contributed by atoms with E-state index in [1.165, 1.54) is 0 Å². The van der Waals surface area contributed by atoms with Crippen molar-refractivity contribution in [2.45, 2.75) is 45.2 Å². The van der Waals surface area contributed by atoms with Crippen LogP contribution in [0, 0.1) is 29.6 Å². The van der Waals surface area contributed by atoms with Crippen molar-refractivity contribution in [3.8, 4) is 6.07 Å². The third kappa shape index (κ3) is 3.12. The zero-order chi connectivity index (χ0) is 18.1. The quantitative estimate of drug-likeness (QED) is 0.885. The molecule has 7 heteroatoms. The van der Waals surface area contributed by atoms with Gasteiger partial charge in [-0.05, 0) is 38.5 Å². The molecule has 1 aromatic rings. The lowest BCUT2D eigenvalue weighted by Gasteiger charge is -2.41. The molecule has 2 atom stereocenters. The van der Waals surface area contributed by atoms with Crippen molar-refractivity contribution in [2.24, 2.45) is 11.3 Å². The number of nitrogens with zero attached hydrogens (tertiary/aromatic N) is 4.